The summed E-state index contributed by atoms with van der Waals surface area (Å²) in [5.74, 6) is -1.90. The SMILES string of the molecule is O=C1NC(=O)c2cc3c(cc21)c1cnc(Nc2ccc(F)c(Cl)c2)nc1n1nc(C(F)(F)F)cc31. The molecule has 0 bridgehead atoms. The molecule has 0 spiro atoms. The zero-order chi connectivity index (χ0) is 24.6. The molecule has 0 saturated heterocycles. The van der Waals surface area contributed by atoms with E-state index in [9.17, 15) is 27.2 Å². The van der Waals surface area contributed by atoms with Gasteiger partial charge in [0.2, 0.25) is 5.95 Å². The lowest BCUT2D eigenvalue weighted by atomic mass is 10.0. The number of pyridine rings is 1. The molecule has 174 valence electrons. The van der Waals surface area contributed by atoms with Crippen LogP contribution >= 0.6 is 11.6 Å². The summed E-state index contributed by atoms with van der Waals surface area (Å²) in [5.41, 5.74) is -0.636. The topological polar surface area (TPSA) is 101 Å². The van der Waals surface area contributed by atoms with Crippen LogP contribution in [0.5, 0.6) is 0 Å². The largest absolute Gasteiger partial charge is 0.435 e. The van der Waals surface area contributed by atoms with Crippen molar-refractivity contribution >= 4 is 62.4 Å². The summed E-state index contributed by atoms with van der Waals surface area (Å²) in [7, 11) is 0. The quantitative estimate of drug-likeness (QED) is 0.204. The van der Waals surface area contributed by atoms with E-state index < -0.39 is 29.5 Å². The second-order valence-corrected chi connectivity index (χ2v) is 8.14. The van der Waals surface area contributed by atoms with Crippen molar-refractivity contribution in [1.29, 1.82) is 0 Å². The summed E-state index contributed by atoms with van der Waals surface area (Å²) in [4.78, 5) is 32.9. The number of nitrogens with one attached hydrogen (secondary N) is 2. The standard InChI is InChI=1S/C22H9ClF4N6O2/c23-14-3-8(1-2-15(14)24)29-21-28-7-13-9-4-11-12(20(35)31-19(11)34)5-10(9)16-6-17(22(25,26)27)32-33(16)18(13)30-21/h1-7H,(H,28,29,30)(H,31,34,35). The normalized spacial score (nSPS) is 13.6. The van der Waals surface area contributed by atoms with Gasteiger partial charge in [-0.3, -0.25) is 14.9 Å². The Morgan fingerprint density at radius 2 is 1.69 bits per heavy atom. The third kappa shape index (κ3) is 3.25. The molecule has 4 heterocycles. The maximum atomic E-state index is 13.5. The van der Waals surface area contributed by atoms with E-state index in [-0.39, 0.29) is 38.6 Å². The average molecular weight is 501 g/mol. The molecule has 13 heteroatoms. The number of hydrogen-bond donors (Lipinski definition) is 2. The third-order valence-corrected chi connectivity index (χ3v) is 5.87. The van der Waals surface area contributed by atoms with Crippen molar-refractivity contribution in [1.82, 2.24) is 24.9 Å². The fraction of sp³-hybridized carbons (Fsp3) is 0.0455. The number of amides is 2. The van der Waals surface area contributed by atoms with Crippen LogP contribution in [0.25, 0.3) is 27.3 Å². The number of benzene rings is 2. The van der Waals surface area contributed by atoms with Crippen LogP contribution in [0.3, 0.4) is 0 Å². The second-order valence-electron chi connectivity index (χ2n) is 7.74. The van der Waals surface area contributed by atoms with Gasteiger partial charge < -0.3 is 5.32 Å². The van der Waals surface area contributed by atoms with Crippen molar-refractivity contribution in [3.05, 3.63) is 70.3 Å². The van der Waals surface area contributed by atoms with Gasteiger partial charge in [0, 0.05) is 22.7 Å². The number of fused-ring (bicyclic) bond motifs is 7. The molecule has 5 aromatic rings. The van der Waals surface area contributed by atoms with Crippen molar-refractivity contribution in [3.63, 3.8) is 0 Å². The number of imide groups is 1. The van der Waals surface area contributed by atoms with Gasteiger partial charge in [-0.1, -0.05) is 11.6 Å². The number of aromatic nitrogens is 4. The second kappa shape index (κ2) is 7.09. The predicted molar refractivity (Wildman–Crippen MR) is 117 cm³/mol. The summed E-state index contributed by atoms with van der Waals surface area (Å²) < 4.78 is 55.0. The van der Waals surface area contributed by atoms with Crippen molar-refractivity contribution in [2.45, 2.75) is 6.18 Å². The van der Waals surface area contributed by atoms with Crippen molar-refractivity contribution in [3.8, 4) is 0 Å². The van der Waals surface area contributed by atoms with Crippen LogP contribution in [0, 0.1) is 5.82 Å². The molecule has 2 aromatic carbocycles. The Hall–Kier alpha value is -4.32. The Bertz CT molecular complexity index is 1770. The van der Waals surface area contributed by atoms with Crippen LogP contribution in [0.1, 0.15) is 26.4 Å². The van der Waals surface area contributed by atoms with Crippen molar-refractivity contribution < 1.29 is 27.2 Å². The minimum atomic E-state index is -4.74. The number of hydrogen-bond acceptors (Lipinski definition) is 6. The van der Waals surface area contributed by atoms with E-state index >= 15 is 0 Å². The van der Waals surface area contributed by atoms with Gasteiger partial charge in [0.25, 0.3) is 11.8 Å². The summed E-state index contributed by atoms with van der Waals surface area (Å²) in [6.45, 7) is 0. The lowest BCUT2D eigenvalue weighted by Crippen LogP contribution is -2.19. The molecule has 6 rings (SSSR count). The van der Waals surface area contributed by atoms with Gasteiger partial charge >= 0.3 is 6.18 Å². The lowest BCUT2D eigenvalue weighted by molar-refractivity contribution is -0.141. The molecule has 2 amide bonds. The molecular weight excluding hydrogens is 492 g/mol. The maximum Gasteiger partial charge on any atom is 0.435 e. The summed E-state index contributed by atoms with van der Waals surface area (Å²) in [5, 5.41) is 9.46. The van der Waals surface area contributed by atoms with Gasteiger partial charge in [-0.05, 0) is 41.8 Å². The molecule has 0 aliphatic carbocycles. The van der Waals surface area contributed by atoms with Gasteiger partial charge in [0.05, 0.1) is 21.7 Å². The molecular formula is C22H9ClF4N6O2. The molecule has 1 aliphatic heterocycles. The number of alkyl halides is 3. The molecule has 0 radical (unpaired) electrons. The Labute approximate surface area is 196 Å². The van der Waals surface area contributed by atoms with E-state index in [4.69, 9.17) is 11.6 Å². The molecule has 1 aliphatic rings. The first kappa shape index (κ1) is 21.2. The van der Waals surface area contributed by atoms with Crippen LogP contribution in [0.2, 0.25) is 5.02 Å². The Morgan fingerprint density at radius 3 is 2.37 bits per heavy atom. The van der Waals surface area contributed by atoms with E-state index in [0.717, 1.165) is 16.6 Å². The van der Waals surface area contributed by atoms with Gasteiger partial charge in [-0.2, -0.15) is 23.3 Å². The highest BCUT2D eigenvalue weighted by Gasteiger charge is 2.35. The summed E-state index contributed by atoms with van der Waals surface area (Å²) >= 11 is 5.80. The van der Waals surface area contributed by atoms with E-state index in [0.29, 0.717) is 16.5 Å². The zero-order valence-corrected chi connectivity index (χ0v) is 17.8. The average Bonchev–Trinajstić information content (AvgIpc) is 3.37. The van der Waals surface area contributed by atoms with Gasteiger partial charge in [-0.15, -0.1) is 0 Å². The van der Waals surface area contributed by atoms with Crippen LogP contribution < -0.4 is 10.6 Å². The van der Waals surface area contributed by atoms with E-state index in [2.05, 4.69) is 25.7 Å². The highest BCUT2D eigenvalue weighted by Crippen LogP contribution is 2.36. The molecule has 35 heavy (non-hydrogen) atoms. The minimum Gasteiger partial charge on any atom is -0.324 e. The molecule has 8 nitrogen and oxygen atoms in total. The van der Waals surface area contributed by atoms with Gasteiger partial charge in [0.1, 0.15) is 5.82 Å². The minimum absolute atomic E-state index is 0.0124. The third-order valence-electron chi connectivity index (χ3n) is 5.58. The number of anilines is 2. The van der Waals surface area contributed by atoms with Crippen LogP contribution in [0.15, 0.2) is 42.6 Å². The fourth-order valence-corrected chi connectivity index (χ4v) is 4.19. The van der Waals surface area contributed by atoms with Crippen LogP contribution in [-0.4, -0.2) is 31.4 Å². The van der Waals surface area contributed by atoms with Crippen molar-refractivity contribution in [2.75, 3.05) is 5.32 Å². The number of carbonyl (C=O) groups is 2. The molecule has 3 aromatic heterocycles. The molecule has 0 atom stereocenters. The van der Waals surface area contributed by atoms with Gasteiger partial charge in [-0.25, -0.2) is 13.9 Å². The van der Waals surface area contributed by atoms with Crippen LogP contribution in [-0.2, 0) is 6.18 Å². The van der Waals surface area contributed by atoms with Crippen molar-refractivity contribution in [2.24, 2.45) is 0 Å². The summed E-state index contributed by atoms with van der Waals surface area (Å²) in [6, 6.07) is 7.44. The highest BCUT2D eigenvalue weighted by molar-refractivity contribution is 6.31. The van der Waals surface area contributed by atoms with E-state index in [1.54, 1.807) is 0 Å². The monoisotopic (exact) mass is 500 g/mol. The molecule has 0 fully saturated rings. The maximum absolute atomic E-state index is 13.5. The van der Waals surface area contributed by atoms with Crippen LogP contribution in [0.4, 0.5) is 29.2 Å². The highest BCUT2D eigenvalue weighted by atomic mass is 35.5. The summed E-state index contributed by atoms with van der Waals surface area (Å²) in [6.07, 6.45) is -3.39. The Kier molecular flexibility index (Phi) is 4.30. The zero-order valence-electron chi connectivity index (χ0n) is 17.0. The first-order chi connectivity index (χ1) is 16.6. The molecule has 0 unspecified atom stereocenters. The van der Waals surface area contributed by atoms with E-state index in [1.165, 1.54) is 30.5 Å². The Balaban J connectivity index is 1.64. The molecule has 2 N–H and O–H groups in total. The lowest BCUT2D eigenvalue weighted by Gasteiger charge is -2.11. The smallest absolute Gasteiger partial charge is 0.324 e. The Morgan fingerprint density at radius 1 is 0.971 bits per heavy atom. The fourth-order valence-electron chi connectivity index (χ4n) is 4.01. The number of nitrogens with zero attached hydrogens (tertiary/aromatic N) is 4. The predicted octanol–water partition coefficient (Wildman–Crippen LogP) is 4.87. The van der Waals surface area contributed by atoms with E-state index in [1.807, 2.05) is 0 Å². The molecule has 0 saturated carbocycles. The first-order valence-electron chi connectivity index (χ1n) is 9.91. The number of carbonyl (C=O) groups excluding carboxylic acids is 2. The first-order valence-corrected chi connectivity index (χ1v) is 10.3. The van der Waals surface area contributed by atoms with Gasteiger partial charge in [0.15, 0.2) is 11.3 Å². The number of rotatable bonds is 2. The number of halogens is 5.